The molecule has 0 fully saturated rings. The number of hydrogen-bond acceptors (Lipinski definition) is 4. The van der Waals surface area contributed by atoms with E-state index < -0.39 is 19.9 Å². The van der Waals surface area contributed by atoms with Crippen molar-refractivity contribution in [2.24, 2.45) is 0 Å². The van der Waals surface area contributed by atoms with Gasteiger partial charge in [0, 0.05) is 11.9 Å². The Morgan fingerprint density at radius 1 is 1.08 bits per heavy atom. The molecule has 0 aromatic rings. The molecule has 12 heavy (non-hydrogen) atoms. The largest absolute Gasteiger partial charge is 0.550 e. The summed E-state index contributed by atoms with van der Waals surface area (Å²) in [6.07, 6.45) is 1.11. The van der Waals surface area contributed by atoms with Gasteiger partial charge in [-0.15, -0.1) is 7.92 Å². The molecule has 0 bridgehead atoms. The molecule has 0 radical (unpaired) electrons. The van der Waals surface area contributed by atoms with E-state index in [0.29, 0.717) is 12.3 Å². The Balaban J connectivity index is 3.39. The monoisotopic (exact) mass is 190 g/mol. The number of hydrogen-bond donors (Lipinski definition) is 0. The average Bonchev–Trinajstić information content (AvgIpc) is 1.96. The normalized spacial score (nSPS) is 10.2. The standard InChI is InChI=1S/C7H13O4P/c1-12(4-2-6(8)9)5-3-7(10)11/h2-5H2,1H3,(H,8,9)(H,10,11)/p-2. The second-order valence-electron chi connectivity index (χ2n) is 2.55. The van der Waals surface area contributed by atoms with Crippen molar-refractivity contribution in [2.45, 2.75) is 12.8 Å². The summed E-state index contributed by atoms with van der Waals surface area (Å²) in [5, 5.41) is 20.0. The fourth-order valence-electron chi connectivity index (χ4n) is 0.676. The fraction of sp³-hybridized carbons (Fsp3) is 0.714. The van der Waals surface area contributed by atoms with Crippen molar-refractivity contribution in [3.05, 3.63) is 0 Å². The summed E-state index contributed by atoms with van der Waals surface area (Å²) < 4.78 is 0. The first-order chi connectivity index (χ1) is 5.52. The highest BCUT2D eigenvalue weighted by Crippen LogP contribution is 2.31. The zero-order valence-electron chi connectivity index (χ0n) is 6.91. The van der Waals surface area contributed by atoms with Gasteiger partial charge in [-0.1, -0.05) is 0 Å². The van der Waals surface area contributed by atoms with Crippen molar-refractivity contribution in [1.82, 2.24) is 0 Å². The quantitative estimate of drug-likeness (QED) is 0.471. The first-order valence-electron chi connectivity index (χ1n) is 3.60. The molecule has 70 valence electrons. The first kappa shape index (κ1) is 11.4. The topological polar surface area (TPSA) is 80.3 Å². The molecule has 0 aromatic carbocycles. The number of rotatable bonds is 6. The van der Waals surface area contributed by atoms with Gasteiger partial charge in [0.2, 0.25) is 0 Å². The van der Waals surface area contributed by atoms with Crippen molar-refractivity contribution in [3.63, 3.8) is 0 Å². The second-order valence-corrected chi connectivity index (χ2v) is 5.15. The van der Waals surface area contributed by atoms with Gasteiger partial charge < -0.3 is 19.8 Å². The molecule has 0 aliphatic rings. The van der Waals surface area contributed by atoms with Gasteiger partial charge in [0.1, 0.15) is 0 Å². The Labute approximate surface area is 72.3 Å². The molecule has 0 aliphatic heterocycles. The van der Waals surface area contributed by atoms with E-state index in [1.807, 2.05) is 6.66 Å². The summed E-state index contributed by atoms with van der Waals surface area (Å²) in [7, 11) is -0.487. The van der Waals surface area contributed by atoms with E-state index in [0.717, 1.165) is 0 Å². The lowest BCUT2D eigenvalue weighted by molar-refractivity contribution is -0.306. The third-order valence-corrected chi connectivity index (χ3v) is 3.37. The molecule has 0 N–H and O–H groups in total. The van der Waals surface area contributed by atoms with Gasteiger partial charge in [-0.3, -0.25) is 0 Å². The lowest BCUT2D eigenvalue weighted by Crippen LogP contribution is -2.24. The second kappa shape index (κ2) is 5.95. The van der Waals surface area contributed by atoms with Crippen LogP contribution in [0, 0.1) is 0 Å². The molecule has 5 heteroatoms. The average molecular weight is 190 g/mol. The minimum absolute atomic E-state index is 0.0231. The fourth-order valence-corrected chi connectivity index (χ4v) is 2.03. The zero-order chi connectivity index (χ0) is 9.56. The number of carbonyl (C=O) groups is 2. The summed E-state index contributed by atoms with van der Waals surface area (Å²) in [5.74, 6) is -2.14. The van der Waals surface area contributed by atoms with Crippen LogP contribution in [0.2, 0.25) is 0 Å². The van der Waals surface area contributed by atoms with E-state index in [2.05, 4.69) is 0 Å². The molecule has 0 saturated carbocycles. The highest BCUT2D eigenvalue weighted by molar-refractivity contribution is 7.56. The molecule has 0 aromatic heterocycles. The predicted molar refractivity (Wildman–Crippen MR) is 41.8 cm³/mol. The van der Waals surface area contributed by atoms with Crippen LogP contribution < -0.4 is 10.2 Å². The summed E-state index contributed by atoms with van der Waals surface area (Å²) in [4.78, 5) is 20.0. The van der Waals surface area contributed by atoms with Crippen molar-refractivity contribution in [3.8, 4) is 0 Å². The molecule has 0 rings (SSSR count). The molecular weight excluding hydrogens is 179 g/mol. The van der Waals surface area contributed by atoms with Gasteiger partial charge in [-0.2, -0.15) is 0 Å². The molecule has 0 saturated heterocycles. The Morgan fingerprint density at radius 3 is 1.67 bits per heavy atom. The maximum atomic E-state index is 10.0. The van der Waals surface area contributed by atoms with E-state index >= 15 is 0 Å². The van der Waals surface area contributed by atoms with Gasteiger partial charge in [0.05, 0.1) is 0 Å². The van der Waals surface area contributed by atoms with Crippen LogP contribution in [0.15, 0.2) is 0 Å². The van der Waals surface area contributed by atoms with Crippen LogP contribution >= 0.6 is 7.92 Å². The predicted octanol–water partition coefficient (Wildman–Crippen LogP) is -1.62. The number of carboxylic acid groups (broad SMARTS) is 2. The molecule has 4 nitrogen and oxygen atoms in total. The number of carbonyl (C=O) groups excluding carboxylic acids is 2. The van der Waals surface area contributed by atoms with Crippen molar-refractivity contribution in [2.75, 3.05) is 19.0 Å². The highest BCUT2D eigenvalue weighted by Gasteiger charge is 2.00. The lowest BCUT2D eigenvalue weighted by Gasteiger charge is -2.12. The van der Waals surface area contributed by atoms with Gasteiger partial charge in [-0.25, -0.2) is 0 Å². The van der Waals surface area contributed by atoms with Crippen LogP contribution in [-0.2, 0) is 9.59 Å². The number of aliphatic carboxylic acids is 2. The Morgan fingerprint density at radius 2 is 1.42 bits per heavy atom. The Hall–Kier alpha value is -0.630. The van der Waals surface area contributed by atoms with Crippen LogP contribution in [0.1, 0.15) is 12.8 Å². The van der Waals surface area contributed by atoms with Crippen molar-refractivity contribution in [1.29, 1.82) is 0 Å². The molecule has 0 aliphatic carbocycles. The lowest BCUT2D eigenvalue weighted by atomic mass is 10.5. The van der Waals surface area contributed by atoms with Gasteiger partial charge in [-0.05, 0) is 31.8 Å². The van der Waals surface area contributed by atoms with Gasteiger partial charge in [0.15, 0.2) is 0 Å². The van der Waals surface area contributed by atoms with E-state index in [4.69, 9.17) is 0 Å². The molecule has 0 heterocycles. The minimum Gasteiger partial charge on any atom is -0.550 e. The van der Waals surface area contributed by atoms with Crippen LogP contribution in [0.5, 0.6) is 0 Å². The minimum atomic E-state index is -1.07. The van der Waals surface area contributed by atoms with Crippen LogP contribution in [0.25, 0.3) is 0 Å². The van der Waals surface area contributed by atoms with E-state index in [9.17, 15) is 19.8 Å². The third kappa shape index (κ3) is 7.48. The summed E-state index contributed by atoms with van der Waals surface area (Å²) >= 11 is 0. The Bertz CT molecular complexity index is 151. The third-order valence-electron chi connectivity index (χ3n) is 1.40. The van der Waals surface area contributed by atoms with Crippen LogP contribution in [-0.4, -0.2) is 30.9 Å². The Kier molecular flexibility index (Phi) is 5.64. The van der Waals surface area contributed by atoms with Crippen molar-refractivity contribution < 1.29 is 19.8 Å². The molecule has 0 amide bonds. The molecule has 0 atom stereocenters. The summed E-state index contributed by atoms with van der Waals surface area (Å²) in [6, 6.07) is 0. The maximum absolute atomic E-state index is 10.0. The molecule has 0 spiro atoms. The van der Waals surface area contributed by atoms with Crippen molar-refractivity contribution >= 4 is 19.9 Å². The highest BCUT2D eigenvalue weighted by atomic mass is 31.1. The van der Waals surface area contributed by atoms with Crippen LogP contribution in [0.3, 0.4) is 0 Å². The smallest absolute Gasteiger partial charge is 0.0417 e. The van der Waals surface area contributed by atoms with Crippen LogP contribution in [0.4, 0.5) is 0 Å². The van der Waals surface area contributed by atoms with Gasteiger partial charge >= 0.3 is 0 Å². The maximum Gasteiger partial charge on any atom is 0.0417 e. The first-order valence-corrected chi connectivity index (χ1v) is 5.76. The number of carboxylic acids is 2. The van der Waals surface area contributed by atoms with Gasteiger partial charge in [0.25, 0.3) is 0 Å². The van der Waals surface area contributed by atoms with E-state index in [1.54, 1.807) is 0 Å². The zero-order valence-corrected chi connectivity index (χ0v) is 7.80. The summed E-state index contributed by atoms with van der Waals surface area (Å²) in [5.41, 5.74) is 0. The van der Waals surface area contributed by atoms with E-state index in [1.165, 1.54) is 0 Å². The SMILES string of the molecule is CP(CCC(=O)[O-])CCC(=O)[O-]. The summed E-state index contributed by atoms with van der Waals surface area (Å²) in [6.45, 7) is 1.88. The van der Waals surface area contributed by atoms with E-state index in [-0.39, 0.29) is 12.8 Å². The molecular formula is C7H11O4P-2. The molecule has 0 unspecified atom stereocenters.